The van der Waals surface area contributed by atoms with Gasteiger partial charge in [0, 0.05) is 6.04 Å². The summed E-state index contributed by atoms with van der Waals surface area (Å²) >= 11 is 0. The first kappa shape index (κ1) is 13.8. The van der Waals surface area contributed by atoms with Crippen LogP contribution in [0.15, 0.2) is 18.2 Å². The minimum atomic E-state index is 0.561. The van der Waals surface area contributed by atoms with Crippen LogP contribution in [0, 0.1) is 17.8 Å². The molecular weight excluding hydrogens is 258 g/mol. The first-order valence-electron chi connectivity index (χ1n) is 8.78. The molecule has 0 radical (unpaired) electrons. The molecule has 4 atom stereocenters. The van der Waals surface area contributed by atoms with E-state index in [-0.39, 0.29) is 0 Å². The van der Waals surface area contributed by atoms with E-state index in [1.165, 1.54) is 48.8 Å². The molecule has 4 unspecified atom stereocenters. The molecule has 21 heavy (non-hydrogen) atoms. The van der Waals surface area contributed by atoms with Crippen LogP contribution in [-0.2, 0) is 18.0 Å². The Kier molecular flexibility index (Phi) is 3.76. The maximum Gasteiger partial charge on any atom is 0.0725 e. The topological polar surface area (TPSA) is 21.3 Å². The standard InChI is InChI=1S/C19H27NO/c1-2-7-20-19(18-9-13-3-4-14(18)8-13)15-5-6-16-11-21-12-17(16)10-15/h5-6,10,13-14,18-20H,2-4,7-9,11-12H2,1H3. The highest BCUT2D eigenvalue weighted by Gasteiger charge is 2.43. The van der Waals surface area contributed by atoms with E-state index in [0.717, 1.165) is 37.5 Å². The van der Waals surface area contributed by atoms with Gasteiger partial charge in [0.25, 0.3) is 0 Å². The van der Waals surface area contributed by atoms with E-state index in [2.05, 4.69) is 30.4 Å². The van der Waals surface area contributed by atoms with Crippen molar-refractivity contribution in [1.82, 2.24) is 5.32 Å². The van der Waals surface area contributed by atoms with E-state index in [9.17, 15) is 0 Å². The number of fused-ring (bicyclic) bond motifs is 3. The molecule has 0 amide bonds. The monoisotopic (exact) mass is 285 g/mol. The molecule has 3 aliphatic rings. The van der Waals surface area contributed by atoms with Gasteiger partial charge in [-0.3, -0.25) is 0 Å². The lowest BCUT2D eigenvalue weighted by Crippen LogP contribution is -2.32. The van der Waals surface area contributed by atoms with E-state index in [1.807, 2.05) is 0 Å². The van der Waals surface area contributed by atoms with Crippen molar-refractivity contribution in [2.75, 3.05) is 6.54 Å². The molecule has 1 heterocycles. The summed E-state index contributed by atoms with van der Waals surface area (Å²) in [6, 6.07) is 7.63. The van der Waals surface area contributed by atoms with Gasteiger partial charge in [0.2, 0.25) is 0 Å². The van der Waals surface area contributed by atoms with Crippen LogP contribution in [0.25, 0.3) is 0 Å². The van der Waals surface area contributed by atoms with Crippen LogP contribution in [0.4, 0.5) is 0 Å². The molecule has 2 bridgehead atoms. The van der Waals surface area contributed by atoms with E-state index in [1.54, 1.807) is 0 Å². The van der Waals surface area contributed by atoms with Gasteiger partial charge in [0.15, 0.2) is 0 Å². The van der Waals surface area contributed by atoms with Gasteiger partial charge in [-0.25, -0.2) is 0 Å². The summed E-state index contributed by atoms with van der Waals surface area (Å²) in [4.78, 5) is 0. The minimum Gasteiger partial charge on any atom is -0.372 e. The van der Waals surface area contributed by atoms with Gasteiger partial charge in [0.05, 0.1) is 13.2 Å². The number of ether oxygens (including phenoxy) is 1. The Bertz CT molecular complexity index is 512. The van der Waals surface area contributed by atoms with Crippen molar-refractivity contribution in [1.29, 1.82) is 0 Å². The Morgan fingerprint density at radius 3 is 2.86 bits per heavy atom. The molecule has 2 fully saturated rings. The molecule has 2 heteroatoms. The number of benzene rings is 1. The van der Waals surface area contributed by atoms with Gasteiger partial charge < -0.3 is 10.1 Å². The molecule has 1 aromatic carbocycles. The van der Waals surface area contributed by atoms with Gasteiger partial charge >= 0.3 is 0 Å². The lowest BCUT2D eigenvalue weighted by Gasteiger charge is -2.32. The summed E-state index contributed by atoms with van der Waals surface area (Å²) in [6.45, 7) is 5.00. The van der Waals surface area contributed by atoms with Crippen molar-refractivity contribution in [3.8, 4) is 0 Å². The molecule has 4 rings (SSSR count). The number of rotatable bonds is 5. The van der Waals surface area contributed by atoms with Crippen LogP contribution in [0.3, 0.4) is 0 Å². The van der Waals surface area contributed by atoms with Gasteiger partial charge in [-0.15, -0.1) is 0 Å². The van der Waals surface area contributed by atoms with Crippen molar-refractivity contribution in [2.24, 2.45) is 17.8 Å². The van der Waals surface area contributed by atoms with E-state index in [0.29, 0.717) is 6.04 Å². The van der Waals surface area contributed by atoms with Crippen LogP contribution < -0.4 is 5.32 Å². The highest BCUT2D eigenvalue weighted by molar-refractivity contribution is 5.35. The lowest BCUT2D eigenvalue weighted by molar-refractivity contribution is 0.134. The zero-order valence-corrected chi connectivity index (χ0v) is 13.1. The molecule has 0 spiro atoms. The fraction of sp³-hybridized carbons (Fsp3) is 0.684. The Labute approximate surface area is 128 Å². The Morgan fingerprint density at radius 2 is 2.10 bits per heavy atom. The lowest BCUT2D eigenvalue weighted by atomic mass is 9.80. The largest absolute Gasteiger partial charge is 0.372 e. The normalized spacial score (nSPS) is 31.6. The fourth-order valence-electron chi connectivity index (χ4n) is 4.90. The Balaban J connectivity index is 1.60. The molecule has 1 aliphatic heterocycles. The number of hydrogen-bond acceptors (Lipinski definition) is 2. The zero-order chi connectivity index (χ0) is 14.2. The first-order chi connectivity index (χ1) is 10.3. The predicted molar refractivity (Wildman–Crippen MR) is 84.9 cm³/mol. The van der Waals surface area contributed by atoms with Crippen molar-refractivity contribution < 1.29 is 4.74 Å². The SMILES string of the molecule is CCCNC(c1ccc2c(c1)COC2)C1CC2CCC1C2. The average Bonchev–Trinajstić information content (AvgIpc) is 3.23. The van der Waals surface area contributed by atoms with Crippen LogP contribution in [0.5, 0.6) is 0 Å². The molecule has 1 aromatic rings. The van der Waals surface area contributed by atoms with Crippen LogP contribution >= 0.6 is 0 Å². The van der Waals surface area contributed by atoms with Crippen LogP contribution in [-0.4, -0.2) is 6.54 Å². The zero-order valence-electron chi connectivity index (χ0n) is 13.1. The average molecular weight is 285 g/mol. The van der Waals surface area contributed by atoms with E-state index < -0.39 is 0 Å². The third-order valence-electron chi connectivity index (χ3n) is 5.94. The molecule has 2 saturated carbocycles. The predicted octanol–water partition coefficient (Wildman–Crippen LogP) is 4.19. The summed E-state index contributed by atoms with van der Waals surface area (Å²) in [7, 11) is 0. The highest BCUT2D eigenvalue weighted by Crippen LogP contribution is 2.52. The molecule has 1 N–H and O–H groups in total. The maximum absolute atomic E-state index is 5.59. The minimum absolute atomic E-state index is 0.561. The molecule has 0 saturated heterocycles. The van der Waals surface area contributed by atoms with Crippen molar-refractivity contribution in [3.63, 3.8) is 0 Å². The highest BCUT2D eigenvalue weighted by atomic mass is 16.5. The summed E-state index contributed by atoms with van der Waals surface area (Å²) in [5.74, 6) is 2.84. The van der Waals surface area contributed by atoms with Crippen LogP contribution in [0.1, 0.15) is 61.8 Å². The van der Waals surface area contributed by atoms with E-state index in [4.69, 9.17) is 4.74 Å². The fourth-order valence-corrected chi connectivity index (χ4v) is 4.90. The first-order valence-corrected chi connectivity index (χ1v) is 8.78. The van der Waals surface area contributed by atoms with Crippen molar-refractivity contribution in [3.05, 3.63) is 34.9 Å². The number of hydrogen-bond donors (Lipinski definition) is 1. The summed E-state index contributed by atoms with van der Waals surface area (Å²) < 4.78 is 5.59. The Hall–Kier alpha value is -0.860. The second-order valence-corrected chi connectivity index (χ2v) is 7.29. The third kappa shape index (κ3) is 2.53. The van der Waals surface area contributed by atoms with Gasteiger partial charge in [-0.1, -0.05) is 31.5 Å². The molecule has 0 aromatic heterocycles. The van der Waals surface area contributed by atoms with Gasteiger partial charge in [-0.2, -0.15) is 0 Å². The summed E-state index contributed by atoms with van der Waals surface area (Å²) in [5.41, 5.74) is 4.31. The quantitative estimate of drug-likeness (QED) is 0.875. The van der Waals surface area contributed by atoms with Gasteiger partial charge in [0.1, 0.15) is 0 Å². The third-order valence-corrected chi connectivity index (χ3v) is 5.94. The smallest absolute Gasteiger partial charge is 0.0725 e. The Morgan fingerprint density at radius 1 is 1.19 bits per heavy atom. The van der Waals surface area contributed by atoms with Crippen molar-refractivity contribution >= 4 is 0 Å². The molecular formula is C19H27NO. The molecule has 2 nitrogen and oxygen atoms in total. The number of nitrogens with one attached hydrogen (secondary N) is 1. The van der Waals surface area contributed by atoms with E-state index >= 15 is 0 Å². The van der Waals surface area contributed by atoms with Crippen molar-refractivity contribution in [2.45, 2.75) is 58.3 Å². The van der Waals surface area contributed by atoms with Gasteiger partial charge in [-0.05, 0) is 66.7 Å². The second-order valence-electron chi connectivity index (χ2n) is 7.29. The maximum atomic E-state index is 5.59. The molecule has 114 valence electrons. The summed E-state index contributed by atoms with van der Waals surface area (Å²) in [6.07, 6.45) is 7.10. The second kappa shape index (κ2) is 5.73. The molecule has 2 aliphatic carbocycles. The van der Waals surface area contributed by atoms with Crippen LogP contribution in [0.2, 0.25) is 0 Å². The summed E-state index contributed by atoms with van der Waals surface area (Å²) in [5, 5.41) is 3.86.